The van der Waals surface area contributed by atoms with E-state index in [2.05, 4.69) is 54.9 Å². The third kappa shape index (κ3) is 9.86. The fourth-order valence-corrected chi connectivity index (χ4v) is 4.10. The van der Waals surface area contributed by atoms with E-state index in [0.717, 1.165) is 30.8 Å². The van der Waals surface area contributed by atoms with E-state index in [1.165, 1.54) is 24.0 Å². The van der Waals surface area contributed by atoms with Crippen LogP contribution in [0, 0.1) is 63.7 Å². The summed E-state index contributed by atoms with van der Waals surface area (Å²) in [6, 6.07) is 0. The summed E-state index contributed by atoms with van der Waals surface area (Å²) in [6.45, 7) is 15.4. The summed E-state index contributed by atoms with van der Waals surface area (Å²) in [5, 5.41) is 10.8. The zero-order valence-corrected chi connectivity index (χ0v) is 24.5. The van der Waals surface area contributed by atoms with Gasteiger partial charge in [0, 0.05) is 28.9 Å². The predicted molar refractivity (Wildman–Crippen MR) is 113 cm³/mol. The first-order valence-corrected chi connectivity index (χ1v) is 23.2. The first-order valence-electron chi connectivity index (χ1n) is 8.12. The van der Waals surface area contributed by atoms with E-state index in [4.69, 9.17) is 23.4 Å². The number of hydrogen-bond donors (Lipinski definition) is 1. The van der Waals surface area contributed by atoms with E-state index in [1.54, 1.807) is 14.2 Å². The van der Waals surface area contributed by atoms with Gasteiger partial charge in [-0.2, -0.15) is 11.1 Å². The number of aliphatic hydroxyl groups is 1. The molecule has 6 nitrogen and oxygen atoms in total. The molecule has 162 valence electrons. The summed E-state index contributed by atoms with van der Waals surface area (Å²) in [4.78, 5) is 0. The molecule has 0 aromatic carbocycles. The third-order valence-electron chi connectivity index (χ3n) is 4.99. The Hall–Kier alpha value is 1.46. The van der Waals surface area contributed by atoms with Crippen molar-refractivity contribution < 1.29 is 71.4 Å². The van der Waals surface area contributed by atoms with Crippen LogP contribution in [-0.4, -0.2) is 24.9 Å². The molecule has 0 aromatic rings. The summed E-state index contributed by atoms with van der Waals surface area (Å²) in [6.07, 6.45) is 7.64. The van der Waals surface area contributed by atoms with Crippen LogP contribution in [-0.2, 0) is 40.8 Å². The Balaban J connectivity index is -0.000000595. The molecule has 3 atom stereocenters. The van der Waals surface area contributed by atoms with Gasteiger partial charge in [0.2, 0.25) is 0 Å². The topological polar surface area (TPSA) is 98.4 Å². The van der Waals surface area contributed by atoms with Gasteiger partial charge in [0.15, 0.2) is 0 Å². The van der Waals surface area contributed by atoms with E-state index in [1.807, 2.05) is 6.92 Å². The van der Waals surface area contributed by atoms with Crippen molar-refractivity contribution in [3.05, 3.63) is 49.0 Å². The van der Waals surface area contributed by atoms with Gasteiger partial charge in [-0.1, -0.05) is 31.6 Å². The quantitative estimate of drug-likeness (QED) is 0.251. The number of allylic oxidation sites excluding steroid dienone is 1. The first kappa shape index (κ1) is 35.1. The molecule has 29 heavy (non-hydrogen) atoms. The van der Waals surface area contributed by atoms with Crippen LogP contribution in [0.5, 0.6) is 0 Å². The van der Waals surface area contributed by atoms with E-state index >= 15 is 0 Å². The molecule has 0 spiro atoms. The van der Waals surface area contributed by atoms with Crippen molar-refractivity contribution in [2.24, 2.45) is 11.8 Å². The van der Waals surface area contributed by atoms with Crippen molar-refractivity contribution in [1.82, 2.24) is 0 Å². The van der Waals surface area contributed by atoms with E-state index < -0.39 is 5.60 Å². The summed E-state index contributed by atoms with van der Waals surface area (Å²) in [5.74, 6) is 2.19. The number of methoxy groups -OCH3 is 2. The second kappa shape index (κ2) is 20.1. The van der Waals surface area contributed by atoms with Crippen LogP contribution < -0.4 is 0 Å². The van der Waals surface area contributed by atoms with E-state index in [9.17, 15) is 5.11 Å². The SMILES string of the molecule is COC1=C(OC)[C@@H]2C3=C([CH-]1)CCC[C@@H]3CC[C@@]2(C)O.[C-]#[O+].[C-]#[O+].[C-]#[O+].[Cr].[I][Sm][I]. The number of hydrogen-bond acceptors (Lipinski definition) is 3. The fourth-order valence-electron chi connectivity index (χ4n) is 4.10. The molecule has 0 amide bonds. The van der Waals surface area contributed by atoms with E-state index in [-0.39, 0.29) is 48.7 Å². The molecule has 10 heteroatoms. The second-order valence-corrected chi connectivity index (χ2v) is 25.6. The molecule has 0 radical (unpaired) electrons. The fraction of sp³-hybridized carbons (Fsp3) is 0.579. The number of halogens is 2. The molecule has 0 heterocycles. The van der Waals surface area contributed by atoms with Gasteiger partial charge in [0.25, 0.3) is 0 Å². The van der Waals surface area contributed by atoms with Gasteiger partial charge in [-0.15, -0.1) is 6.42 Å². The molecule has 1 fully saturated rings. The number of rotatable bonds is 2. The molecule has 3 aliphatic carbocycles. The van der Waals surface area contributed by atoms with Crippen LogP contribution in [0.25, 0.3) is 0 Å². The van der Waals surface area contributed by atoms with Crippen LogP contribution in [0.1, 0.15) is 39.0 Å². The molecular weight excluding hydrogens is 780 g/mol. The molecule has 0 bridgehead atoms. The van der Waals surface area contributed by atoms with Gasteiger partial charge < -0.3 is 14.6 Å². The van der Waals surface area contributed by atoms with Crippen LogP contribution in [0.2, 0.25) is 0 Å². The minimum atomic E-state index is -0.724. The van der Waals surface area contributed by atoms with Crippen molar-refractivity contribution in [3.63, 3.8) is 0 Å². The van der Waals surface area contributed by atoms with E-state index in [0.29, 0.717) is 5.92 Å². The Morgan fingerprint density at radius 1 is 1.10 bits per heavy atom. The Bertz CT molecular complexity index is 587. The molecule has 3 aliphatic rings. The Labute approximate surface area is 216 Å². The van der Waals surface area contributed by atoms with Gasteiger partial charge >= 0.3 is 87.9 Å². The molecule has 0 aromatic heterocycles. The molecule has 0 unspecified atom stereocenters. The maximum atomic E-state index is 10.8. The van der Waals surface area contributed by atoms with Gasteiger partial charge in [0.05, 0.1) is 19.8 Å². The van der Waals surface area contributed by atoms with Crippen LogP contribution in [0.3, 0.4) is 0 Å². The standard InChI is InChI=1S/C16H23O3.3CO.Cr.2HI.Sm/c1-16(17)8-7-10-5-4-6-11-9-12(18-2)15(19-3)14(16)13(10)11;3*1-2;;;;/h9-10,14,17H,4-8H2,1-3H3;;;;;2*1H;/q-1;;;;;;;+2/p-2/t10-,14+,16-;;;;;;;/m1......./s1. The van der Waals surface area contributed by atoms with Crippen molar-refractivity contribution in [3.8, 4) is 0 Å². The molecule has 3 rings (SSSR count). The Kier molecular flexibility index (Phi) is 24.3. The molecule has 0 saturated heterocycles. The molecule has 1 saturated carbocycles. The minimum absolute atomic E-state index is 0. The van der Waals surface area contributed by atoms with Crippen LogP contribution in [0.4, 0.5) is 0 Å². The normalized spacial score (nSPS) is 25.5. The van der Waals surface area contributed by atoms with Gasteiger partial charge in [-0.3, -0.25) is 0 Å². The summed E-state index contributed by atoms with van der Waals surface area (Å²) < 4.78 is 33.6. The van der Waals surface area contributed by atoms with Crippen LogP contribution >= 0.6 is 28.6 Å². The summed E-state index contributed by atoms with van der Waals surface area (Å²) in [7, 11) is 3.35. The first-order chi connectivity index (χ1) is 13.5. The summed E-state index contributed by atoms with van der Waals surface area (Å²) in [5.41, 5.74) is 2.07. The van der Waals surface area contributed by atoms with Crippen molar-refractivity contribution >= 4 is 28.6 Å². The molecule has 1 N–H and O–H groups in total. The van der Waals surface area contributed by atoms with Crippen molar-refractivity contribution in [2.45, 2.75) is 44.6 Å². The van der Waals surface area contributed by atoms with Crippen LogP contribution in [0.15, 0.2) is 22.7 Å². The number of ether oxygens (including phenoxy) is 2. The van der Waals surface area contributed by atoms with Crippen molar-refractivity contribution in [2.75, 3.05) is 14.2 Å². The molecular formula is C19H23CrI2O6Sm-. The van der Waals surface area contributed by atoms with Gasteiger partial charge in [0.1, 0.15) is 0 Å². The maximum absolute atomic E-state index is 10.8. The van der Waals surface area contributed by atoms with Crippen molar-refractivity contribution in [1.29, 1.82) is 0 Å². The average molecular weight is 804 g/mol. The second-order valence-electron chi connectivity index (χ2n) is 6.24. The van der Waals surface area contributed by atoms with Gasteiger partial charge in [-0.25, -0.2) is 0 Å². The average Bonchev–Trinajstić information content (AvgIpc) is 2.75. The zero-order chi connectivity index (χ0) is 22.3. The Morgan fingerprint density at radius 3 is 2.07 bits per heavy atom. The van der Waals surface area contributed by atoms with Gasteiger partial charge in [-0.05, 0) is 19.3 Å². The predicted octanol–water partition coefficient (Wildman–Crippen LogP) is 4.62. The Morgan fingerprint density at radius 2 is 1.62 bits per heavy atom. The zero-order valence-electron chi connectivity index (χ0n) is 16.3. The molecule has 0 aliphatic heterocycles. The third-order valence-corrected chi connectivity index (χ3v) is 4.99. The monoisotopic (exact) mass is 805 g/mol. The summed E-state index contributed by atoms with van der Waals surface area (Å²) >= 11 is 5.07.